The smallest absolute Gasteiger partial charge is 0.366 e. The number of halogens is 7. The highest BCUT2D eigenvalue weighted by molar-refractivity contribution is 7.92. The van der Waals surface area contributed by atoms with Gasteiger partial charge in [-0.1, -0.05) is 52.5 Å². The van der Waals surface area contributed by atoms with E-state index >= 15 is 0 Å². The number of primary amides is 1. The molecule has 0 bridgehead atoms. The van der Waals surface area contributed by atoms with Crippen LogP contribution >= 0.6 is 46.4 Å². The number of alkyl halides is 3. The Morgan fingerprint density at radius 1 is 0.931 bits per heavy atom. The molecule has 29 heavy (non-hydrogen) atoms. The summed E-state index contributed by atoms with van der Waals surface area (Å²) in [4.78, 5) is 23.2. The zero-order valence-corrected chi connectivity index (χ0v) is 17.4. The number of rotatable bonds is 4. The van der Waals surface area contributed by atoms with Gasteiger partial charge in [-0.25, -0.2) is 8.42 Å². The molecule has 3 N–H and O–H groups in total. The summed E-state index contributed by atoms with van der Waals surface area (Å²) in [5.74, 6) is -2.33. The third kappa shape index (κ3) is 4.41. The van der Waals surface area contributed by atoms with Gasteiger partial charge in [0.1, 0.15) is 0 Å². The minimum atomic E-state index is -5.66. The lowest BCUT2D eigenvalue weighted by atomic mass is 10.1. The van der Waals surface area contributed by atoms with Gasteiger partial charge in [-0.3, -0.25) is 9.59 Å². The summed E-state index contributed by atoms with van der Waals surface area (Å²) in [6.07, 6.45) is 0. The molecule has 0 radical (unpaired) electrons. The van der Waals surface area contributed by atoms with Crippen LogP contribution in [0, 0.1) is 0 Å². The van der Waals surface area contributed by atoms with E-state index in [9.17, 15) is 31.2 Å². The molecule has 0 saturated heterocycles. The second-order valence-electron chi connectivity index (χ2n) is 5.30. The molecular weight excluding hydrogens is 503 g/mol. The van der Waals surface area contributed by atoms with Crippen LogP contribution in [0.3, 0.4) is 0 Å². The van der Waals surface area contributed by atoms with Crippen LogP contribution in [0.4, 0.5) is 18.9 Å². The summed E-state index contributed by atoms with van der Waals surface area (Å²) in [5, 5.41) is 0.430. The predicted molar refractivity (Wildman–Crippen MR) is 103 cm³/mol. The van der Waals surface area contributed by atoms with Crippen LogP contribution in [0.5, 0.6) is 0 Å². The maximum atomic E-state index is 12.7. The standard InChI is InChI=1S/C15H7Cl4F3N2O4S/c16-9-7(13(23)25)8(10(17)12(19)11(9)18)14(26)24-5-2-1-3-6(4-5)29(27,28)15(20,21)22/h1-4H,(H2,23,25)(H,24,26). The largest absolute Gasteiger partial charge is 0.501 e. The Morgan fingerprint density at radius 2 is 1.45 bits per heavy atom. The molecule has 0 aliphatic rings. The Morgan fingerprint density at radius 3 is 1.93 bits per heavy atom. The van der Waals surface area contributed by atoms with Gasteiger partial charge in [0.05, 0.1) is 36.1 Å². The van der Waals surface area contributed by atoms with E-state index in [1.807, 2.05) is 0 Å². The molecule has 6 nitrogen and oxygen atoms in total. The minimum Gasteiger partial charge on any atom is -0.366 e. The van der Waals surface area contributed by atoms with Gasteiger partial charge in [0, 0.05) is 5.69 Å². The van der Waals surface area contributed by atoms with Crippen LogP contribution in [0.1, 0.15) is 20.7 Å². The summed E-state index contributed by atoms with van der Waals surface area (Å²) in [7, 11) is -5.66. The topological polar surface area (TPSA) is 106 Å². The van der Waals surface area contributed by atoms with Crippen LogP contribution in [0.15, 0.2) is 29.2 Å². The van der Waals surface area contributed by atoms with E-state index in [2.05, 4.69) is 5.32 Å². The van der Waals surface area contributed by atoms with Gasteiger partial charge < -0.3 is 11.1 Å². The Balaban J connectivity index is 2.56. The average Bonchev–Trinajstić information content (AvgIpc) is 2.61. The number of carbonyl (C=O) groups is 2. The number of sulfone groups is 1. The normalized spacial score (nSPS) is 12.0. The van der Waals surface area contributed by atoms with Crippen molar-refractivity contribution >= 4 is 73.7 Å². The fraction of sp³-hybridized carbons (Fsp3) is 0.0667. The number of nitrogens with one attached hydrogen (secondary N) is 1. The van der Waals surface area contributed by atoms with Gasteiger partial charge in [0.2, 0.25) is 0 Å². The van der Waals surface area contributed by atoms with E-state index in [1.165, 1.54) is 0 Å². The van der Waals surface area contributed by atoms with Crippen LogP contribution in [-0.4, -0.2) is 25.7 Å². The molecule has 0 fully saturated rings. The van der Waals surface area contributed by atoms with E-state index in [0.717, 1.165) is 12.1 Å². The Bertz CT molecular complexity index is 1140. The molecular formula is C15H7Cl4F3N2O4S. The second kappa shape index (κ2) is 8.19. The van der Waals surface area contributed by atoms with E-state index in [-0.39, 0.29) is 15.7 Å². The Kier molecular flexibility index (Phi) is 6.65. The second-order valence-corrected chi connectivity index (χ2v) is 8.75. The molecule has 0 aromatic heterocycles. The molecule has 0 saturated carbocycles. The molecule has 0 aliphatic heterocycles. The fourth-order valence-corrected chi connectivity index (χ4v) is 3.98. The molecule has 156 valence electrons. The molecule has 2 aromatic carbocycles. The quantitative estimate of drug-likeness (QED) is 0.449. The first-order valence-electron chi connectivity index (χ1n) is 7.08. The van der Waals surface area contributed by atoms with Crippen molar-refractivity contribution < 1.29 is 31.2 Å². The van der Waals surface area contributed by atoms with E-state index in [4.69, 9.17) is 52.1 Å². The maximum Gasteiger partial charge on any atom is 0.501 e. The molecule has 0 atom stereocenters. The van der Waals surface area contributed by atoms with Crippen molar-refractivity contribution in [2.24, 2.45) is 5.73 Å². The molecule has 2 amide bonds. The fourth-order valence-electron chi connectivity index (χ4n) is 2.14. The average molecular weight is 510 g/mol. The number of hydrogen-bond acceptors (Lipinski definition) is 4. The van der Waals surface area contributed by atoms with E-state index < -0.39 is 53.2 Å². The van der Waals surface area contributed by atoms with Crippen molar-refractivity contribution in [2.75, 3.05) is 5.32 Å². The van der Waals surface area contributed by atoms with E-state index in [1.54, 1.807) is 0 Å². The Hall–Kier alpha value is -1.72. The first kappa shape index (κ1) is 23.6. The highest BCUT2D eigenvalue weighted by Gasteiger charge is 2.46. The summed E-state index contributed by atoms with van der Waals surface area (Å²) in [5.41, 5.74) is -1.88. The first-order valence-corrected chi connectivity index (χ1v) is 10.1. The number of hydrogen-bond donors (Lipinski definition) is 2. The molecule has 0 spiro atoms. The van der Waals surface area contributed by atoms with Gasteiger partial charge in [-0.2, -0.15) is 13.2 Å². The van der Waals surface area contributed by atoms with Crippen LogP contribution in [-0.2, 0) is 9.84 Å². The van der Waals surface area contributed by atoms with Gasteiger partial charge in [0.15, 0.2) is 0 Å². The van der Waals surface area contributed by atoms with Gasteiger partial charge in [0.25, 0.3) is 21.7 Å². The van der Waals surface area contributed by atoms with Gasteiger partial charge in [-0.05, 0) is 18.2 Å². The Labute approximate surface area is 181 Å². The van der Waals surface area contributed by atoms with Crippen LogP contribution in [0.2, 0.25) is 20.1 Å². The van der Waals surface area contributed by atoms with E-state index in [0.29, 0.717) is 12.1 Å². The predicted octanol–water partition coefficient (Wildman–Crippen LogP) is 4.94. The summed E-state index contributed by atoms with van der Waals surface area (Å²) in [6.45, 7) is 0. The highest BCUT2D eigenvalue weighted by atomic mass is 35.5. The third-order valence-corrected chi connectivity index (χ3v) is 6.73. The highest BCUT2D eigenvalue weighted by Crippen LogP contribution is 2.41. The summed E-state index contributed by atoms with van der Waals surface area (Å²) >= 11 is 23.5. The van der Waals surface area contributed by atoms with Crippen molar-refractivity contribution in [3.05, 3.63) is 55.5 Å². The zero-order chi connectivity index (χ0) is 22.3. The SMILES string of the molecule is NC(=O)c1c(Cl)c(Cl)c(Cl)c(Cl)c1C(=O)Nc1cccc(S(=O)(=O)C(F)(F)F)c1. The minimum absolute atomic E-state index is 0.345. The number of nitrogens with two attached hydrogens (primary N) is 1. The summed E-state index contributed by atoms with van der Waals surface area (Å²) in [6, 6.07) is 3.32. The van der Waals surface area contributed by atoms with Crippen molar-refractivity contribution in [1.82, 2.24) is 0 Å². The van der Waals surface area contributed by atoms with Crippen LogP contribution in [0.25, 0.3) is 0 Å². The lowest BCUT2D eigenvalue weighted by molar-refractivity contribution is -0.0436. The molecule has 2 rings (SSSR count). The number of amides is 2. The molecule has 0 heterocycles. The van der Waals surface area contributed by atoms with Crippen molar-refractivity contribution in [3.8, 4) is 0 Å². The number of benzene rings is 2. The zero-order valence-electron chi connectivity index (χ0n) is 13.6. The van der Waals surface area contributed by atoms with Crippen molar-refractivity contribution in [1.29, 1.82) is 0 Å². The van der Waals surface area contributed by atoms with Crippen molar-refractivity contribution in [2.45, 2.75) is 10.4 Å². The lowest BCUT2D eigenvalue weighted by Gasteiger charge is -2.15. The summed E-state index contributed by atoms with van der Waals surface area (Å²) < 4.78 is 61.2. The molecule has 0 aliphatic carbocycles. The van der Waals surface area contributed by atoms with Gasteiger partial charge >= 0.3 is 5.51 Å². The molecule has 0 unspecified atom stereocenters. The third-order valence-electron chi connectivity index (χ3n) is 3.45. The lowest BCUT2D eigenvalue weighted by Crippen LogP contribution is -2.24. The molecule has 14 heteroatoms. The number of carbonyl (C=O) groups excluding carboxylic acids is 2. The van der Waals surface area contributed by atoms with Crippen molar-refractivity contribution in [3.63, 3.8) is 0 Å². The van der Waals surface area contributed by atoms with Crippen LogP contribution < -0.4 is 11.1 Å². The monoisotopic (exact) mass is 508 g/mol. The van der Waals surface area contributed by atoms with Gasteiger partial charge in [-0.15, -0.1) is 0 Å². The maximum absolute atomic E-state index is 12.7. The first-order chi connectivity index (χ1) is 13.2. The number of anilines is 1. The molecule has 2 aromatic rings.